The molecule has 14 heteroatoms. The van der Waals surface area contributed by atoms with Gasteiger partial charge in [0.15, 0.2) is 5.82 Å². The quantitative estimate of drug-likeness (QED) is 0.354. The van der Waals surface area contributed by atoms with Gasteiger partial charge in [-0.05, 0) is 24.3 Å². The maximum atomic E-state index is 15.1. The molecule has 0 aliphatic rings. The molecule has 0 unspecified atom stereocenters. The number of hydrogen-bond acceptors (Lipinski definition) is 7. The number of thiophene rings is 1. The van der Waals surface area contributed by atoms with E-state index in [2.05, 4.69) is 4.98 Å². The van der Waals surface area contributed by atoms with Crippen LogP contribution in [0.15, 0.2) is 62.5 Å². The van der Waals surface area contributed by atoms with Crippen LogP contribution >= 0.6 is 11.3 Å². The summed E-state index contributed by atoms with van der Waals surface area (Å²) in [4.78, 5) is 38.7. The normalized spacial score (nSPS) is 11.9. The Labute approximate surface area is 203 Å². The molecule has 10 nitrogen and oxygen atoms in total. The summed E-state index contributed by atoms with van der Waals surface area (Å²) in [6, 6.07) is 6.47. The summed E-state index contributed by atoms with van der Waals surface area (Å²) in [5, 5.41) is 10.3. The molecule has 2 aromatic carbocycles. The number of nitrogens with zero attached hydrogens (tertiary/aromatic N) is 2. The predicted molar refractivity (Wildman–Crippen MR) is 126 cm³/mol. The van der Waals surface area contributed by atoms with Gasteiger partial charge in [-0.15, -0.1) is 11.3 Å². The molecule has 184 valence electrons. The summed E-state index contributed by atoms with van der Waals surface area (Å²) in [6.45, 7) is 0. The molecule has 0 saturated heterocycles. The lowest BCUT2D eigenvalue weighted by Gasteiger charge is -2.15. The third kappa shape index (κ3) is 3.33. The maximum Gasteiger partial charge on any atom is 0.346 e. The number of methoxy groups -OCH3 is 1. The van der Waals surface area contributed by atoms with Crippen molar-refractivity contribution in [3.05, 3.63) is 85.3 Å². The van der Waals surface area contributed by atoms with Crippen molar-refractivity contribution in [2.45, 2.75) is 4.90 Å². The smallest absolute Gasteiger partial charge is 0.346 e. The first kappa shape index (κ1) is 23.4. The molecule has 0 amide bonds. The average Bonchev–Trinajstić information content (AvgIpc) is 3.45. The van der Waals surface area contributed by atoms with Crippen LogP contribution < -0.4 is 16.0 Å². The van der Waals surface area contributed by atoms with E-state index in [1.54, 1.807) is 0 Å². The summed E-state index contributed by atoms with van der Waals surface area (Å²) in [5.41, 5.74) is -3.11. The standard InChI is InChI=1S/C22H13F2N3O7S2/c1-34-16-7-12(24)15(27-20(28)18-13(25-22(27)31)9-35-19(18)21(29)30)8-17(16)36(32,33)26-6-5-10-11(23)3-2-4-14(10)26/h2-9H,1H3,(H,25,31)(H,29,30). The highest BCUT2D eigenvalue weighted by Crippen LogP contribution is 2.32. The van der Waals surface area contributed by atoms with E-state index in [1.165, 1.54) is 23.6 Å². The SMILES string of the molecule is COc1cc(F)c(-n2c(=O)[nH]c3csc(C(=O)O)c3c2=O)cc1S(=O)(=O)n1ccc2c(F)cccc21. The Kier molecular flexibility index (Phi) is 5.30. The van der Waals surface area contributed by atoms with Gasteiger partial charge in [0.2, 0.25) is 0 Å². The van der Waals surface area contributed by atoms with Crippen molar-refractivity contribution in [2.24, 2.45) is 0 Å². The predicted octanol–water partition coefficient (Wildman–Crippen LogP) is 2.92. The van der Waals surface area contributed by atoms with Crippen LogP contribution in [0.2, 0.25) is 0 Å². The number of nitrogens with one attached hydrogen (secondary N) is 1. The monoisotopic (exact) mass is 533 g/mol. The van der Waals surface area contributed by atoms with Crippen molar-refractivity contribution in [3.63, 3.8) is 0 Å². The zero-order valence-corrected chi connectivity index (χ0v) is 19.6. The minimum absolute atomic E-state index is 0.0104. The second-order valence-electron chi connectivity index (χ2n) is 7.47. The van der Waals surface area contributed by atoms with Crippen LogP contribution in [0, 0.1) is 11.6 Å². The lowest BCUT2D eigenvalue weighted by atomic mass is 10.2. The lowest BCUT2D eigenvalue weighted by molar-refractivity contribution is 0.0704. The Balaban J connectivity index is 1.82. The Morgan fingerprint density at radius 1 is 1.14 bits per heavy atom. The number of fused-ring (bicyclic) bond motifs is 2. The van der Waals surface area contributed by atoms with E-state index in [-0.39, 0.29) is 26.7 Å². The Bertz CT molecular complexity index is 1950. The van der Waals surface area contributed by atoms with Crippen molar-refractivity contribution in [1.82, 2.24) is 13.5 Å². The molecular formula is C22H13F2N3O7S2. The third-order valence-corrected chi connectivity index (χ3v) is 8.18. The average molecular weight is 533 g/mol. The number of ether oxygens (including phenoxy) is 1. The molecule has 0 bridgehead atoms. The van der Waals surface area contributed by atoms with Crippen LogP contribution in [0.4, 0.5) is 8.78 Å². The van der Waals surface area contributed by atoms with Crippen molar-refractivity contribution in [2.75, 3.05) is 7.11 Å². The van der Waals surface area contributed by atoms with Gasteiger partial charge in [0.05, 0.1) is 29.2 Å². The molecule has 0 radical (unpaired) electrons. The summed E-state index contributed by atoms with van der Waals surface area (Å²) >= 11 is 0.689. The van der Waals surface area contributed by atoms with E-state index in [0.717, 1.165) is 29.4 Å². The highest BCUT2D eigenvalue weighted by molar-refractivity contribution is 7.90. The first-order chi connectivity index (χ1) is 17.1. The first-order valence-corrected chi connectivity index (χ1v) is 12.3. The molecule has 3 aromatic heterocycles. The fourth-order valence-corrected chi connectivity index (χ4v) is 6.23. The summed E-state index contributed by atoms with van der Waals surface area (Å²) in [7, 11) is -3.48. The number of halogens is 2. The number of benzene rings is 2. The van der Waals surface area contributed by atoms with Crippen LogP contribution in [0.1, 0.15) is 9.67 Å². The van der Waals surface area contributed by atoms with Crippen molar-refractivity contribution < 1.29 is 31.8 Å². The number of aromatic nitrogens is 3. The number of hydrogen-bond donors (Lipinski definition) is 2. The van der Waals surface area contributed by atoms with Crippen LogP contribution in [0.25, 0.3) is 27.5 Å². The molecule has 0 spiro atoms. The van der Waals surface area contributed by atoms with E-state index >= 15 is 4.39 Å². The zero-order chi connectivity index (χ0) is 25.9. The van der Waals surface area contributed by atoms with Gasteiger partial charge in [0.25, 0.3) is 15.6 Å². The van der Waals surface area contributed by atoms with Crippen LogP contribution in [-0.4, -0.2) is 40.1 Å². The summed E-state index contributed by atoms with van der Waals surface area (Å²) in [6.07, 6.45) is 1.10. The highest BCUT2D eigenvalue weighted by atomic mass is 32.2. The number of H-pyrrole nitrogens is 1. The number of carboxylic acid groups (broad SMARTS) is 1. The molecule has 5 rings (SSSR count). The number of carboxylic acids is 1. The van der Waals surface area contributed by atoms with Gasteiger partial charge < -0.3 is 14.8 Å². The van der Waals surface area contributed by atoms with Crippen molar-refractivity contribution in [1.29, 1.82) is 0 Å². The van der Waals surface area contributed by atoms with Crippen LogP contribution in [0.5, 0.6) is 5.75 Å². The zero-order valence-electron chi connectivity index (χ0n) is 18.0. The topological polar surface area (TPSA) is 140 Å². The molecule has 2 N–H and O–H groups in total. The van der Waals surface area contributed by atoms with E-state index in [0.29, 0.717) is 22.0 Å². The van der Waals surface area contributed by atoms with Gasteiger partial charge in [0.1, 0.15) is 21.3 Å². The molecule has 0 saturated carbocycles. The van der Waals surface area contributed by atoms with Gasteiger partial charge >= 0.3 is 11.7 Å². The molecule has 36 heavy (non-hydrogen) atoms. The largest absolute Gasteiger partial charge is 0.495 e. The third-order valence-electron chi connectivity index (χ3n) is 5.50. The van der Waals surface area contributed by atoms with Gasteiger partial charge in [-0.1, -0.05) is 6.07 Å². The minimum atomic E-state index is -4.57. The second kappa shape index (κ2) is 8.13. The minimum Gasteiger partial charge on any atom is -0.495 e. The molecule has 5 aromatic rings. The van der Waals surface area contributed by atoms with Crippen LogP contribution in [0.3, 0.4) is 0 Å². The fraction of sp³-hybridized carbons (Fsp3) is 0.0455. The summed E-state index contributed by atoms with van der Waals surface area (Å²) < 4.78 is 62.5. The van der Waals surface area contributed by atoms with Gasteiger partial charge in [-0.3, -0.25) is 4.79 Å². The molecule has 0 aliphatic heterocycles. The van der Waals surface area contributed by atoms with E-state index < -0.39 is 55.2 Å². The van der Waals surface area contributed by atoms with Gasteiger partial charge in [0, 0.05) is 23.0 Å². The molecule has 0 fully saturated rings. The second-order valence-corrected chi connectivity index (χ2v) is 10.1. The van der Waals surface area contributed by atoms with Crippen LogP contribution in [-0.2, 0) is 10.0 Å². The Hall–Kier alpha value is -4.30. The number of carbonyl (C=O) groups is 1. The molecule has 0 aliphatic carbocycles. The number of rotatable bonds is 5. The van der Waals surface area contributed by atoms with Gasteiger partial charge in [-0.25, -0.2) is 35.3 Å². The maximum absolute atomic E-state index is 15.1. The Morgan fingerprint density at radius 3 is 2.58 bits per heavy atom. The van der Waals surface area contributed by atoms with Crippen molar-refractivity contribution >= 4 is 49.1 Å². The van der Waals surface area contributed by atoms with Crippen molar-refractivity contribution in [3.8, 4) is 11.4 Å². The van der Waals surface area contributed by atoms with E-state index in [9.17, 15) is 32.3 Å². The number of aromatic carboxylic acids is 1. The van der Waals surface area contributed by atoms with Gasteiger partial charge in [-0.2, -0.15) is 0 Å². The van der Waals surface area contributed by atoms with E-state index in [1.807, 2.05) is 0 Å². The molecule has 3 heterocycles. The molecule has 0 atom stereocenters. The first-order valence-electron chi connectivity index (χ1n) is 9.95. The highest BCUT2D eigenvalue weighted by Gasteiger charge is 2.28. The summed E-state index contributed by atoms with van der Waals surface area (Å²) in [5.74, 6) is -3.73. The van der Waals surface area contributed by atoms with E-state index in [4.69, 9.17) is 4.74 Å². The molecular weight excluding hydrogens is 520 g/mol. The number of aromatic amines is 1. The fourth-order valence-electron chi connectivity index (χ4n) is 3.89. The Morgan fingerprint density at radius 2 is 1.89 bits per heavy atom. The lowest BCUT2D eigenvalue weighted by Crippen LogP contribution is -2.34.